The van der Waals surface area contributed by atoms with Gasteiger partial charge < -0.3 is 10.6 Å². The zero-order valence-electron chi connectivity index (χ0n) is 10.9. The highest BCUT2D eigenvalue weighted by molar-refractivity contribution is 6.34. The molecule has 0 radical (unpaired) electrons. The first kappa shape index (κ1) is 12.2. The van der Waals surface area contributed by atoms with E-state index < -0.39 is 0 Å². The molecule has 0 amide bonds. The minimum absolute atomic E-state index is 0.253. The molecule has 3 rings (SSSR count). The third kappa shape index (κ3) is 2.07. The summed E-state index contributed by atoms with van der Waals surface area (Å²) < 4.78 is 0. The van der Waals surface area contributed by atoms with E-state index in [1.54, 1.807) is 0 Å². The van der Waals surface area contributed by atoms with Crippen molar-refractivity contribution in [3.63, 3.8) is 0 Å². The number of rotatable bonds is 1. The van der Waals surface area contributed by atoms with Crippen LogP contribution in [0.5, 0.6) is 0 Å². The van der Waals surface area contributed by atoms with Crippen molar-refractivity contribution >= 4 is 23.0 Å². The van der Waals surface area contributed by atoms with Gasteiger partial charge in [-0.1, -0.05) is 31.0 Å². The van der Waals surface area contributed by atoms with Crippen molar-refractivity contribution in [1.82, 2.24) is 0 Å². The van der Waals surface area contributed by atoms with Crippen molar-refractivity contribution in [3.05, 3.63) is 23.2 Å². The lowest BCUT2D eigenvalue weighted by Crippen LogP contribution is -2.50. The van der Waals surface area contributed by atoms with Crippen LogP contribution in [0.2, 0.25) is 5.02 Å². The van der Waals surface area contributed by atoms with Gasteiger partial charge in [0.15, 0.2) is 0 Å². The lowest BCUT2D eigenvalue weighted by Gasteiger charge is -2.45. The molecule has 2 N–H and O–H groups in total. The van der Waals surface area contributed by atoms with Crippen LogP contribution in [0.3, 0.4) is 0 Å². The van der Waals surface area contributed by atoms with E-state index in [9.17, 15) is 0 Å². The zero-order chi connectivity index (χ0) is 12.6. The summed E-state index contributed by atoms with van der Waals surface area (Å²) in [4.78, 5) is 0. The van der Waals surface area contributed by atoms with Crippen LogP contribution in [0.25, 0.3) is 0 Å². The fraction of sp³-hybridized carbons (Fsp3) is 0.600. The molecule has 18 heavy (non-hydrogen) atoms. The predicted octanol–water partition coefficient (Wildman–Crippen LogP) is 4.52. The maximum absolute atomic E-state index is 6.21. The first-order valence-corrected chi connectivity index (χ1v) is 7.41. The number of nitrogens with one attached hydrogen (secondary N) is 2. The number of hydrogen-bond acceptors (Lipinski definition) is 2. The minimum atomic E-state index is 0.253. The zero-order valence-corrected chi connectivity index (χ0v) is 11.7. The molecular weight excluding hydrogens is 244 g/mol. The smallest absolute Gasteiger partial charge is 0.0766 e. The van der Waals surface area contributed by atoms with Crippen LogP contribution < -0.4 is 10.6 Å². The monoisotopic (exact) mass is 264 g/mol. The highest BCUT2D eigenvalue weighted by Gasteiger charge is 2.37. The molecule has 98 valence electrons. The largest absolute Gasteiger partial charge is 0.380 e. The number of hydrogen-bond donors (Lipinski definition) is 2. The number of fused-ring (bicyclic) bond motifs is 1. The molecule has 0 bridgehead atoms. The quantitative estimate of drug-likeness (QED) is 0.780. The van der Waals surface area contributed by atoms with E-state index >= 15 is 0 Å². The van der Waals surface area contributed by atoms with Gasteiger partial charge in [0.2, 0.25) is 0 Å². The summed E-state index contributed by atoms with van der Waals surface area (Å²) in [5.74, 6) is 0.929. The topological polar surface area (TPSA) is 24.1 Å². The van der Waals surface area contributed by atoms with Crippen LogP contribution in [-0.4, -0.2) is 12.1 Å². The molecule has 3 heteroatoms. The highest BCUT2D eigenvalue weighted by atomic mass is 35.5. The van der Waals surface area contributed by atoms with Crippen molar-refractivity contribution < 1.29 is 0 Å². The second-order valence-corrected chi connectivity index (χ2v) is 6.18. The van der Waals surface area contributed by atoms with Crippen LogP contribution in [0.1, 0.15) is 39.0 Å². The van der Waals surface area contributed by atoms with Gasteiger partial charge in [0, 0.05) is 6.54 Å². The molecule has 1 spiro atoms. The molecular formula is C15H21ClN2. The molecule has 1 fully saturated rings. The summed E-state index contributed by atoms with van der Waals surface area (Å²) in [7, 11) is 0. The fourth-order valence-corrected chi connectivity index (χ4v) is 3.58. The van der Waals surface area contributed by atoms with E-state index in [1.807, 2.05) is 12.1 Å². The second-order valence-electron chi connectivity index (χ2n) is 5.77. The normalized spacial score (nSPS) is 30.4. The van der Waals surface area contributed by atoms with Gasteiger partial charge in [0.05, 0.1) is 21.9 Å². The molecule has 0 unspecified atom stereocenters. The van der Waals surface area contributed by atoms with Gasteiger partial charge in [-0.3, -0.25) is 0 Å². The molecule has 2 aliphatic rings. The van der Waals surface area contributed by atoms with E-state index in [-0.39, 0.29) is 5.54 Å². The first-order chi connectivity index (χ1) is 8.72. The van der Waals surface area contributed by atoms with Gasteiger partial charge in [-0.15, -0.1) is 0 Å². The van der Waals surface area contributed by atoms with Gasteiger partial charge in [0.25, 0.3) is 0 Å². The molecule has 1 aromatic carbocycles. The fourth-order valence-electron chi connectivity index (χ4n) is 3.34. The van der Waals surface area contributed by atoms with Crippen molar-refractivity contribution in [2.75, 3.05) is 17.2 Å². The Labute approximate surface area is 114 Å². The average Bonchev–Trinajstić information content (AvgIpc) is 2.40. The second kappa shape index (κ2) is 4.65. The first-order valence-electron chi connectivity index (χ1n) is 7.03. The van der Waals surface area contributed by atoms with Gasteiger partial charge in [-0.25, -0.2) is 0 Å². The molecule has 0 aromatic heterocycles. The molecule has 2 nitrogen and oxygen atoms in total. The van der Waals surface area contributed by atoms with E-state index in [0.717, 1.165) is 23.2 Å². The third-order valence-electron chi connectivity index (χ3n) is 4.66. The Balaban J connectivity index is 1.79. The maximum atomic E-state index is 6.21. The number of halogens is 1. The molecule has 1 aliphatic carbocycles. The lowest BCUT2D eigenvalue weighted by atomic mass is 9.74. The van der Waals surface area contributed by atoms with Crippen molar-refractivity contribution in [1.29, 1.82) is 0 Å². The van der Waals surface area contributed by atoms with Crippen LogP contribution in [0.4, 0.5) is 11.4 Å². The Morgan fingerprint density at radius 1 is 1.33 bits per heavy atom. The van der Waals surface area contributed by atoms with Gasteiger partial charge >= 0.3 is 0 Å². The molecule has 0 atom stereocenters. The molecule has 1 heterocycles. The maximum Gasteiger partial charge on any atom is 0.0766 e. The summed E-state index contributed by atoms with van der Waals surface area (Å²) in [5, 5.41) is 8.10. The Kier molecular flexibility index (Phi) is 3.14. The van der Waals surface area contributed by atoms with Crippen molar-refractivity contribution in [2.24, 2.45) is 5.92 Å². The summed E-state index contributed by atoms with van der Waals surface area (Å²) >= 11 is 6.21. The van der Waals surface area contributed by atoms with Gasteiger partial charge in [-0.05, 0) is 43.7 Å². The summed E-state index contributed by atoms with van der Waals surface area (Å²) in [6, 6.07) is 6.09. The van der Waals surface area contributed by atoms with E-state index in [1.165, 1.54) is 37.8 Å². The average molecular weight is 265 g/mol. The van der Waals surface area contributed by atoms with E-state index in [4.69, 9.17) is 11.6 Å². The Hall–Kier alpha value is -0.890. The van der Waals surface area contributed by atoms with E-state index in [0.29, 0.717) is 0 Å². The molecule has 0 saturated heterocycles. The van der Waals surface area contributed by atoms with Gasteiger partial charge in [-0.2, -0.15) is 0 Å². The summed E-state index contributed by atoms with van der Waals surface area (Å²) in [6.45, 7) is 3.31. The Bertz CT molecular complexity index is 436. The van der Waals surface area contributed by atoms with E-state index in [2.05, 4.69) is 23.6 Å². The standard InChI is InChI=1S/C15H21ClN2/c1-2-11-6-8-15(9-7-11)10-17-14-12(16)4-3-5-13(14)18-15/h3-5,11,17-18H,2,6-10H2,1H3. The molecule has 1 saturated carbocycles. The van der Waals surface area contributed by atoms with Crippen molar-refractivity contribution in [2.45, 2.75) is 44.6 Å². The Morgan fingerprint density at radius 2 is 2.11 bits per heavy atom. The van der Waals surface area contributed by atoms with Crippen LogP contribution in [-0.2, 0) is 0 Å². The van der Waals surface area contributed by atoms with Crippen LogP contribution >= 0.6 is 11.6 Å². The summed E-state index contributed by atoms with van der Waals surface area (Å²) in [5.41, 5.74) is 2.50. The SMILES string of the molecule is CCC1CCC2(CC1)CNc1c(Cl)cccc1N2. The van der Waals surface area contributed by atoms with Crippen LogP contribution in [0.15, 0.2) is 18.2 Å². The van der Waals surface area contributed by atoms with Crippen molar-refractivity contribution in [3.8, 4) is 0 Å². The number of benzene rings is 1. The molecule has 1 aromatic rings. The molecule has 1 aliphatic heterocycles. The number of anilines is 2. The van der Waals surface area contributed by atoms with Gasteiger partial charge in [0.1, 0.15) is 0 Å². The number of para-hydroxylation sites is 1. The predicted molar refractivity (Wildman–Crippen MR) is 78.5 cm³/mol. The Morgan fingerprint density at radius 3 is 2.83 bits per heavy atom. The van der Waals surface area contributed by atoms with Crippen LogP contribution in [0, 0.1) is 5.92 Å². The highest BCUT2D eigenvalue weighted by Crippen LogP contribution is 2.42. The summed E-state index contributed by atoms with van der Waals surface area (Å²) in [6.07, 6.45) is 6.56. The lowest BCUT2D eigenvalue weighted by molar-refractivity contribution is 0.255. The minimum Gasteiger partial charge on any atom is -0.380 e. The third-order valence-corrected chi connectivity index (χ3v) is 4.97.